The van der Waals surface area contributed by atoms with Gasteiger partial charge < -0.3 is 4.74 Å². The van der Waals surface area contributed by atoms with Crippen LogP contribution < -0.4 is 15.9 Å². The first-order valence-electron chi connectivity index (χ1n) is 12.9. The lowest BCUT2D eigenvalue weighted by atomic mass is 9.97. The van der Waals surface area contributed by atoms with Crippen molar-refractivity contribution in [2.45, 2.75) is 65.9 Å². The zero-order valence-corrected chi connectivity index (χ0v) is 23.1. The van der Waals surface area contributed by atoms with E-state index in [0.717, 1.165) is 41.6 Å². The Kier molecular flexibility index (Phi) is 9.51. The molecule has 3 aromatic rings. The quantitative estimate of drug-likeness (QED) is 0.142. The number of hydrogen-bond acceptors (Lipinski definition) is 3. The zero-order chi connectivity index (χ0) is 26.2. The number of hydrogen-bond donors (Lipinski definition) is 0. The van der Waals surface area contributed by atoms with E-state index in [-0.39, 0.29) is 17.0 Å². The number of esters is 1. The highest BCUT2D eigenvalue weighted by Gasteiger charge is 2.40. The highest BCUT2D eigenvalue weighted by molar-refractivity contribution is 7.97. The molecule has 3 rings (SSSR count). The van der Waals surface area contributed by atoms with Crippen molar-refractivity contribution < 1.29 is 14.3 Å². The van der Waals surface area contributed by atoms with E-state index < -0.39 is 18.5 Å². The number of benzene rings is 3. The molecule has 0 fully saturated rings. The molecule has 0 saturated heterocycles. The van der Waals surface area contributed by atoms with E-state index in [1.807, 2.05) is 119 Å². The van der Waals surface area contributed by atoms with Gasteiger partial charge in [-0.25, -0.2) is 4.79 Å². The molecule has 0 saturated carbocycles. The van der Waals surface area contributed by atoms with Crippen molar-refractivity contribution in [3.63, 3.8) is 0 Å². The smallest absolute Gasteiger partial charge is 0.343 e. The highest BCUT2D eigenvalue weighted by Crippen LogP contribution is 2.47. The first kappa shape index (κ1) is 27.7. The number of unbranched alkanes of at least 4 members (excludes halogenated alkanes) is 2. The van der Waals surface area contributed by atoms with Gasteiger partial charge in [0.25, 0.3) is 0 Å². The van der Waals surface area contributed by atoms with Crippen molar-refractivity contribution in [1.82, 2.24) is 0 Å². The van der Waals surface area contributed by atoms with Crippen LogP contribution in [0.1, 0.15) is 60.3 Å². The fourth-order valence-electron chi connectivity index (χ4n) is 4.58. The summed E-state index contributed by atoms with van der Waals surface area (Å²) in [4.78, 5) is 28.6. The summed E-state index contributed by atoms with van der Waals surface area (Å²) >= 11 is 0. The Hall–Kier alpha value is -2.90. The summed E-state index contributed by atoms with van der Waals surface area (Å²) in [5.74, 6) is -0.903. The first-order chi connectivity index (χ1) is 17.2. The molecule has 4 heteroatoms. The summed E-state index contributed by atoms with van der Waals surface area (Å²) in [5.41, 5.74) is -0.728. The molecule has 0 aromatic heterocycles. The van der Waals surface area contributed by atoms with Gasteiger partial charge in [-0.05, 0) is 50.0 Å². The van der Waals surface area contributed by atoms with Gasteiger partial charge in [-0.3, -0.25) is 4.79 Å². The van der Waals surface area contributed by atoms with E-state index >= 15 is 0 Å². The van der Waals surface area contributed by atoms with Gasteiger partial charge >= 0.3 is 5.97 Å². The van der Waals surface area contributed by atoms with Gasteiger partial charge in [-0.1, -0.05) is 124 Å². The van der Waals surface area contributed by atoms with Crippen LogP contribution in [-0.4, -0.2) is 22.6 Å². The van der Waals surface area contributed by atoms with Gasteiger partial charge in [0.1, 0.15) is 10.9 Å². The van der Waals surface area contributed by atoms with Crippen molar-refractivity contribution in [3.8, 4) is 0 Å². The summed E-state index contributed by atoms with van der Waals surface area (Å²) < 4.78 is 6.00. The van der Waals surface area contributed by atoms with Gasteiger partial charge in [0.2, 0.25) is 0 Å². The molecule has 3 aromatic carbocycles. The predicted molar refractivity (Wildman–Crippen MR) is 154 cm³/mol. The molecule has 0 amide bonds. The van der Waals surface area contributed by atoms with Crippen LogP contribution in [0.4, 0.5) is 0 Å². The molecule has 0 aliphatic carbocycles. The Labute approximate surface area is 216 Å². The molecular formula is C32H39O3P. The number of carbonyl (C=O) groups is 2. The Morgan fingerprint density at radius 2 is 1.17 bits per heavy atom. The molecule has 0 aliphatic rings. The van der Waals surface area contributed by atoms with Crippen LogP contribution in [0.3, 0.4) is 0 Å². The lowest BCUT2D eigenvalue weighted by molar-refractivity contribution is -0.146. The van der Waals surface area contributed by atoms with E-state index in [0.29, 0.717) is 0 Å². The molecule has 0 bridgehead atoms. The van der Waals surface area contributed by atoms with Crippen molar-refractivity contribution >= 4 is 39.8 Å². The van der Waals surface area contributed by atoms with Crippen LogP contribution in [-0.2, 0) is 14.3 Å². The van der Waals surface area contributed by atoms with Crippen molar-refractivity contribution in [2.75, 3.05) is 0 Å². The molecule has 0 N–H and O–H groups in total. The minimum absolute atomic E-state index is 0.106. The molecule has 0 spiro atoms. The van der Waals surface area contributed by atoms with Crippen LogP contribution in [0.15, 0.2) is 91.0 Å². The number of rotatable bonds is 10. The summed E-state index contributed by atoms with van der Waals surface area (Å²) in [7, 11) is 0. The third-order valence-electron chi connectivity index (χ3n) is 6.28. The van der Waals surface area contributed by atoms with E-state index in [4.69, 9.17) is 4.74 Å². The van der Waals surface area contributed by atoms with Crippen molar-refractivity contribution in [3.05, 3.63) is 91.0 Å². The van der Waals surface area contributed by atoms with Crippen molar-refractivity contribution in [1.29, 1.82) is 0 Å². The second-order valence-electron chi connectivity index (χ2n) is 10.3. The van der Waals surface area contributed by atoms with Crippen LogP contribution >= 0.6 is 6.89 Å². The lowest BCUT2D eigenvalue weighted by Crippen LogP contribution is -2.42. The molecule has 0 heterocycles. The molecule has 1 unspecified atom stereocenters. The monoisotopic (exact) mass is 502 g/mol. The maximum atomic E-state index is 14.4. The van der Waals surface area contributed by atoms with Crippen LogP contribution in [0.25, 0.3) is 0 Å². The maximum absolute atomic E-state index is 14.4. The van der Waals surface area contributed by atoms with Gasteiger partial charge in [0.15, 0.2) is 5.78 Å². The van der Waals surface area contributed by atoms with Gasteiger partial charge in [0, 0.05) is 5.92 Å². The Balaban J connectivity index is 2.50. The Morgan fingerprint density at radius 1 is 0.750 bits per heavy atom. The normalized spacial score (nSPS) is 12.6. The molecule has 36 heavy (non-hydrogen) atoms. The molecule has 190 valence electrons. The second kappa shape index (κ2) is 12.4. The molecule has 0 radical (unpaired) electrons. The first-order valence-corrected chi connectivity index (χ1v) is 14.7. The summed E-state index contributed by atoms with van der Waals surface area (Å²) in [6.45, 7) is 6.81. The summed E-state index contributed by atoms with van der Waals surface area (Å²) in [5, 5.41) is 3.19. The van der Waals surface area contributed by atoms with Gasteiger partial charge in [0.05, 0.1) is 0 Å². The third-order valence-corrected chi connectivity index (χ3v) is 10.6. The fraction of sp³-hybridized carbons (Fsp3) is 0.344. The van der Waals surface area contributed by atoms with Crippen molar-refractivity contribution in [2.24, 2.45) is 5.92 Å². The maximum Gasteiger partial charge on any atom is 0.343 e. The van der Waals surface area contributed by atoms with E-state index in [2.05, 4.69) is 6.92 Å². The van der Waals surface area contributed by atoms with E-state index in [1.165, 1.54) is 0 Å². The minimum Gasteiger partial charge on any atom is -0.456 e. The average molecular weight is 503 g/mol. The average Bonchev–Trinajstić information content (AvgIpc) is 2.87. The molecule has 3 nitrogen and oxygen atoms in total. The predicted octanol–water partition coefficient (Wildman–Crippen LogP) is 6.28. The topological polar surface area (TPSA) is 43.4 Å². The summed E-state index contributed by atoms with van der Waals surface area (Å²) in [6, 6.07) is 30.1. The largest absolute Gasteiger partial charge is 0.456 e. The molecule has 0 aliphatic heterocycles. The third kappa shape index (κ3) is 6.26. The standard InChI is InChI=1S/C32H39O3P/c1-6-7-11-18-25(2)29(33)30(31(34)35-32(3,4)5)36(26-19-12-8-13-20-26,27-21-14-9-15-22-27)28-23-16-10-17-24-28/h8-10,12-17,19-25H,6-7,11,18H2,1-5H3. The molecular weight excluding hydrogens is 463 g/mol. The second-order valence-corrected chi connectivity index (χ2v) is 13.6. The number of ether oxygens (including phenoxy) is 1. The van der Waals surface area contributed by atoms with Crippen LogP contribution in [0.2, 0.25) is 0 Å². The van der Waals surface area contributed by atoms with E-state index in [1.54, 1.807) is 0 Å². The Bertz CT molecular complexity index is 1090. The molecule has 1 atom stereocenters. The minimum atomic E-state index is -2.86. The van der Waals surface area contributed by atoms with E-state index in [9.17, 15) is 9.59 Å². The number of Topliss-reactive ketones (excluding diaryl/α,β-unsaturated/α-hetero) is 1. The number of ketones is 1. The SMILES string of the molecule is CCCCCC(C)C(=O)C(C(=O)OC(C)(C)C)=P(c1ccccc1)(c1ccccc1)c1ccccc1. The van der Waals surface area contributed by atoms with Crippen LogP contribution in [0.5, 0.6) is 0 Å². The summed E-state index contributed by atoms with van der Waals surface area (Å²) in [6.07, 6.45) is 3.85. The van der Waals surface area contributed by atoms with Gasteiger partial charge in [-0.2, -0.15) is 0 Å². The Morgan fingerprint density at radius 3 is 1.53 bits per heavy atom. The lowest BCUT2D eigenvalue weighted by Gasteiger charge is -2.33. The zero-order valence-electron chi connectivity index (χ0n) is 22.2. The fourth-order valence-corrected chi connectivity index (χ4v) is 8.98. The van der Waals surface area contributed by atoms with Gasteiger partial charge in [-0.15, -0.1) is 0 Å². The number of carbonyl (C=O) groups excluding carboxylic acids is 2. The highest BCUT2D eigenvalue weighted by atomic mass is 31.2. The van der Waals surface area contributed by atoms with Crippen LogP contribution in [0, 0.1) is 5.92 Å².